The summed E-state index contributed by atoms with van der Waals surface area (Å²) >= 11 is 0. The number of likely N-dealkylation sites (tertiary alicyclic amines) is 2. The summed E-state index contributed by atoms with van der Waals surface area (Å²) in [6.07, 6.45) is 8.62. The quantitative estimate of drug-likeness (QED) is 0.198. The molecule has 2 aromatic carbocycles. The molecule has 1 aromatic heterocycles. The van der Waals surface area contributed by atoms with Crippen molar-refractivity contribution in [2.75, 3.05) is 20.2 Å². The fourth-order valence-electron chi connectivity index (χ4n) is 7.56. The second-order valence-electron chi connectivity index (χ2n) is 15.4. The van der Waals surface area contributed by atoms with E-state index in [1.54, 1.807) is 0 Å². The summed E-state index contributed by atoms with van der Waals surface area (Å²) in [4.78, 5) is 55.4. The first-order valence-corrected chi connectivity index (χ1v) is 19.0. The molecule has 3 aromatic rings. The van der Waals surface area contributed by atoms with Crippen molar-refractivity contribution in [1.82, 2.24) is 25.1 Å². The minimum absolute atomic E-state index is 0.00813. The standard InChI is InChI=1S/C42H54N6O4/c1-26(2)28(5)21-39(49)48-20-8-10-38(48)41-44-25-36(45-41)32-17-15-30(16-18-32)29-11-13-31(14-12-29)33-22-35(43-24-33)37-9-7-19-47(37)40(50)23-34(27(3)4)46-42(51)52-6/h11-18,24-28,34,37-38H,7-10,19-23H2,1-6H3,(H,44,45)(H,46,51)/t28-,34-,37+,38+/m1/s1. The first-order valence-electron chi connectivity index (χ1n) is 19.0. The maximum absolute atomic E-state index is 13.4. The van der Waals surface area contributed by atoms with Crippen LogP contribution in [0.25, 0.3) is 28.0 Å². The Labute approximate surface area is 308 Å². The third-order valence-corrected chi connectivity index (χ3v) is 11.3. The molecule has 0 aliphatic carbocycles. The molecule has 2 fully saturated rings. The van der Waals surface area contributed by atoms with Gasteiger partial charge in [-0.2, -0.15) is 0 Å². The van der Waals surface area contributed by atoms with Crippen molar-refractivity contribution in [3.8, 4) is 22.4 Å². The molecule has 0 bridgehead atoms. The molecule has 0 saturated carbocycles. The highest BCUT2D eigenvalue weighted by Gasteiger charge is 2.36. The number of H-pyrrole nitrogens is 1. The smallest absolute Gasteiger partial charge is 0.407 e. The number of rotatable bonds is 12. The zero-order chi connectivity index (χ0) is 36.9. The van der Waals surface area contributed by atoms with Crippen LogP contribution in [-0.2, 0) is 14.3 Å². The molecule has 52 heavy (non-hydrogen) atoms. The fraction of sp³-hybridized carbons (Fsp3) is 0.500. The summed E-state index contributed by atoms with van der Waals surface area (Å²) in [5.41, 5.74) is 7.57. The molecule has 276 valence electrons. The predicted octanol–water partition coefficient (Wildman–Crippen LogP) is 8.04. The number of hydrogen-bond acceptors (Lipinski definition) is 6. The van der Waals surface area contributed by atoms with E-state index in [1.807, 2.05) is 36.0 Å². The Balaban J connectivity index is 1.05. The van der Waals surface area contributed by atoms with E-state index in [9.17, 15) is 14.4 Å². The minimum atomic E-state index is -0.516. The van der Waals surface area contributed by atoms with Gasteiger partial charge in [-0.25, -0.2) is 9.78 Å². The van der Waals surface area contributed by atoms with Crippen molar-refractivity contribution >= 4 is 29.2 Å². The van der Waals surface area contributed by atoms with Crippen LogP contribution in [0.2, 0.25) is 0 Å². The van der Waals surface area contributed by atoms with Gasteiger partial charge >= 0.3 is 6.09 Å². The van der Waals surface area contributed by atoms with Gasteiger partial charge in [0.25, 0.3) is 0 Å². The average molecular weight is 707 g/mol. The van der Waals surface area contributed by atoms with E-state index < -0.39 is 6.09 Å². The number of nitrogens with zero attached hydrogens (tertiary/aromatic N) is 4. The molecule has 2 N–H and O–H groups in total. The van der Waals surface area contributed by atoms with E-state index >= 15 is 0 Å². The summed E-state index contributed by atoms with van der Waals surface area (Å²) in [5.74, 6) is 2.07. The Morgan fingerprint density at radius 1 is 0.808 bits per heavy atom. The number of carbonyl (C=O) groups excluding carboxylic acids is 3. The zero-order valence-electron chi connectivity index (χ0n) is 31.5. The number of aromatic amines is 1. The number of nitrogens with one attached hydrogen (secondary N) is 2. The highest BCUT2D eigenvalue weighted by molar-refractivity contribution is 6.03. The topological polar surface area (TPSA) is 120 Å². The number of imidazole rings is 1. The number of carbonyl (C=O) groups is 3. The van der Waals surface area contributed by atoms with Crippen molar-refractivity contribution in [3.05, 3.63) is 72.3 Å². The molecule has 10 heteroatoms. The van der Waals surface area contributed by atoms with Crippen LogP contribution < -0.4 is 5.32 Å². The molecule has 0 spiro atoms. The SMILES string of the molecule is COC(=O)N[C@H](CC(=O)N1CCC[C@H]1C1=NC=C(c2ccc(-c3ccc(-c4cnc([C@@H]5CCCN5C(=O)C[C@@H](C)C(C)C)[nH]4)cc3)cc2)C1)C(C)C. The highest BCUT2D eigenvalue weighted by atomic mass is 16.5. The number of aliphatic imine (C=N–C) groups is 1. The fourth-order valence-corrected chi connectivity index (χ4v) is 7.56. The van der Waals surface area contributed by atoms with Gasteiger partial charge in [0.2, 0.25) is 11.8 Å². The molecule has 4 heterocycles. The van der Waals surface area contributed by atoms with Crippen LogP contribution in [0.4, 0.5) is 4.79 Å². The Bertz CT molecular complexity index is 1790. The highest BCUT2D eigenvalue weighted by Crippen LogP contribution is 2.35. The lowest BCUT2D eigenvalue weighted by Crippen LogP contribution is -2.46. The predicted molar refractivity (Wildman–Crippen MR) is 205 cm³/mol. The number of ether oxygens (including phenoxy) is 1. The lowest BCUT2D eigenvalue weighted by Gasteiger charge is -2.28. The molecule has 3 amide bonds. The van der Waals surface area contributed by atoms with Crippen molar-refractivity contribution in [1.29, 1.82) is 0 Å². The number of aromatic nitrogens is 2. The van der Waals surface area contributed by atoms with Crippen LogP contribution in [0, 0.1) is 17.8 Å². The molecule has 0 unspecified atom stereocenters. The molecule has 2 saturated heterocycles. The summed E-state index contributed by atoms with van der Waals surface area (Å²) in [7, 11) is 1.34. The largest absolute Gasteiger partial charge is 0.453 e. The van der Waals surface area contributed by atoms with Gasteiger partial charge in [-0.1, -0.05) is 83.1 Å². The van der Waals surface area contributed by atoms with Crippen LogP contribution in [0.5, 0.6) is 0 Å². The normalized spacial score (nSPS) is 19.9. The first kappa shape index (κ1) is 37.0. The van der Waals surface area contributed by atoms with Crippen LogP contribution >= 0.6 is 0 Å². The van der Waals surface area contributed by atoms with E-state index in [0.29, 0.717) is 31.2 Å². The lowest BCUT2D eigenvalue weighted by atomic mass is 9.94. The number of benzene rings is 2. The second-order valence-corrected chi connectivity index (χ2v) is 15.4. The number of alkyl carbamates (subject to hydrolysis) is 1. The van der Waals surface area contributed by atoms with Gasteiger partial charge in [0, 0.05) is 50.3 Å². The van der Waals surface area contributed by atoms with Gasteiger partial charge < -0.3 is 24.8 Å². The van der Waals surface area contributed by atoms with Crippen molar-refractivity contribution in [2.24, 2.45) is 22.7 Å². The summed E-state index contributed by atoms with van der Waals surface area (Å²) in [5, 5.41) is 2.82. The maximum atomic E-state index is 13.4. The van der Waals surface area contributed by atoms with E-state index in [4.69, 9.17) is 14.7 Å². The van der Waals surface area contributed by atoms with Crippen molar-refractivity contribution < 1.29 is 19.1 Å². The Morgan fingerprint density at radius 3 is 2.00 bits per heavy atom. The Kier molecular flexibility index (Phi) is 11.6. The van der Waals surface area contributed by atoms with Gasteiger partial charge in [-0.05, 0) is 71.3 Å². The van der Waals surface area contributed by atoms with E-state index in [1.165, 1.54) is 7.11 Å². The van der Waals surface area contributed by atoms with E-state index in [2.05, 4.69) is 79.6 Å². The summed E-state index contributed by atoms with van der Waals surface area (Å²) in [6.45, 7) is 12.0. The number of amides is 3. The van der Waals surface area contributed by atoms with E-state index in [-0.39, 0.29) is 42.3 Å². The number of methoxy groups -OCH3 is 1. The Hall–Kier alpha value is -4.73. The maximum Gasteiger partial charge on any atom is 0.407 e. The number of hydrogen-bond donors (Lipinski definition) is 2. The molecule has 4 atom stereocenters. The first-order chi connectivity index (χ1) is 25.0. The molecular weight excluding hydrogens is 652 g/mol. The van der Waals surface area contributed by atoms with Crippen LogP contribution in [0.1, 0.15) is 97.0 Å². The summed E-state index contributed by atoms with van der Waals surface area (Å²) in [6, 6.07) is 16.8. The van der Waals surface area contributed by atoms with Crippen molar-refractivity contribution in [2.45, 2.75) is 97.7 Å². The van der Waals surface area contributed by atoms with Gasteiger partial charge in [0.15, 0.2) is 0 Å². The molecule has 3 aliphatic heterocycles. The van der Waals surface area contributed by atoms with Crippen LogP contribution in [0.15, 0.2) is 65.9 Å². The van der Waals surface area contributed by atoms with Gasteiger partial charge in [0.05, 0.1) is 31.1 Å². The monoisotopic (exact) mass is 706 g/mol. The number of allylic oxidation sites excluding steroid dienone is 1. The van der Waals surface area contributed by atoms with E-state index in [0.717, 1.165) is 77.3 Å². The summed E-state index contributed by atoms with van der Waals surface area (Å²) < 4.78 is 4.77. The molecule has 0 radical (unpaired) electrons. The second kappa shape index (κ2) is 16.3. The zero-order valence-corrected chi connectivity index (χ0v) is 31.5. The average Bonchev–Trinajstić information content (AvgIpc) is 3.98. The van der Waals surface area contributed by atoms with Crippen LogP contribution in [0.3, 0.4) is 0 Å². The van der Waals surface area contributed by atoms with Crippen LogP contribution in [-0.4, -0.2) is 75.7 Å². The van der Waals surface area contributed by atoms with Gasteiger partial charge in [0.1, 0.15) is 5.82 Å². The molecule has 10 nitrogen and oxygen atoms in total. The minimum Gasteiger partial charge on any atom is -0.453 e. The Morgan fingerprint density at radius 2 is 1.38 bits per heavy atom. The molecular formula is C42H54N6O4. The van der Waals surface area contributed by atoms with Gasteiger partial charge in [-0.3, -0.25) is 14.6 Å². The lowest BCUT2D eigenvalue weighted by molar-refractivity contribution is -0.133. The third kappa shape index (κ3) is 8.32. The van der Waals surface area contributed by atoms with Crippen molar-refractivity contribution in [3.63, 3.8) is 0 Å². The third-order valence-electron chi connectivity index (χ3n) is 11.3. The molecule has 6 rings (SSSR count). The van der Waals surface area contributed by atoms with Gasteiger partial charge in [-0.15, -0.1) is 0 Å². The molecule has 3 aliphatic rings.